The lowest BCUT2D eigenvalue weighted by atomic mass is 10.2. The van der Waals surface area contributed by atoms with Crippen molar-refractivity contribution in [3.63, 3.8) is 0 Å². The summed E-state index contributed by atoms with van der Waals surface area (Å²) in [7, 11) is 0. The molecule has 1 aromatic rings. The molecular formula is C14H22N2O2. The summed E-state index contributed by atoms with van der Waals surface area (Å²) < 4.78 is 5.39. The van der Waals surface area contributed by atoms with Crippen LogP contribution in [0, 0.1) is 6.92 Å². The summed E-state index contributed by atoms with van der Waals surface area (Å²) in [4.78, 5) is 11.6. The van der Waals surface area contributed by atoms with Gasteiger partial charge in [0.05, 0.1) is 6.10 Å². The van der Waals surface area contributed by atoms with Crippen LogP contribution in [0.2, 0.25) is 0 Å². The monoisotopic (exact) mass is 250 g/mol. The van der Waals surface area contributed by atoms with E-state index in [0.717, 1.165) is 17.7 Å². The van der Waals surface area contributed by atoms with Crippen molar-refractivity contribution >= 4 is 11.7 Å². The minimum atomic E-state index is -0.172. The van der Waals surface area contributed by atoms with Crippen molar-refractivity contribution in [2.75, 3.05) is 18.5 Å². The van der Waals surface area contributed by atoms with Crippen LogP contribution in [0.4, 0.5) is 10.5 Å². The first kappa shape index (κ1) is 14.5. The number of aryl methyl sites for hydroxylation is 1. The molecule has 0 heterocycles. The number of ether oxygens (including phenoxy) is 1. The van der Waals surface area contributed by atoms with Gasteiger partial charge in [0.25, 0.3) is 0 Å². The van der Waals surface area contributed by atoms with Gasteiger partial charge in [-0.2, -0.15) is 0 Å². The molecule has 0 bridgehead atoms. The van der Waals surface area contributed by atoms with Crippen molar-refractivity contribution in [2.24, 2.45) is 0 Å². The van der Waals surface area contributed by atoms with Gasteiger partial charge in [-0.3, -0.25) is 0 Å². The molecule has 1 aromatic carbocycles. The maximum atomic E-state index is 11.6. The highest BCUT2D eigenvalue weighted by molar-refractivity contribution is 5.89. The molecule has 0 unspecified atom stereocenters. The Kier molecular flexibility index (Phi) is 6.22. The summed E-state index contributed by atoms with van der Waals surface area (Å²) in [5.41, 5.74) is 1.89. The van der Waals surface area contributed by atoms with E-state index >= 15 is 0 Å². The molecule has 2 amide bonds. The molecule has 4 nitrogen and oxygen atoms in total. The third kappa shape index (κ3) is 5.68. The predicted molar refractivity (Wildman–Crippen MR) is 73.9 cm³/mol. The van der Waals surface area contributed by atoms with E-state index in [1.54, 1.807) is 0 Å². The first-order valence-corrected chi connectivity index (χ1v) is 6.31. The number of nitrogens with one attached hydrogen (secondary N) is 2. The smallest absolute Gasteiger partial charge is 0.319 e. The zero-order valence-corrected chi connectivity index (χ0v) is 11.3. The Labute approximate surface area is 109 Å². The highest BCUT2D eigenvalue weighted by Crippen LogP contribution is 2.12. The fraction of sp³-hybridized carbons (Fsp3) is 0.500. The standard InChI is InChI=1S/C14H22N2O2/c1-11(2)18-10-6-9-15-14(17)16-13-8-5-4-7-12(13)3/h4-5,7-8,11H,6,9-10H2,1-3H3,(H2,15,16,17). The minimum Gasteiger partial charge on any atom is -0.379 e. The summed E-state index contributed by atoms with van der Waals surface area (Å²) in [5.74, 6) is 0. The number of hydrogen-bond donors (Lipinski definition) is 2. The van der Waals surface area contributed by atoms with E-state index in [1.807, 2.05) is 45.0 Å². The third-order valence-corrected chi connectivity index (χ3v) is 2.45. The Bertz CT molecular complexity index is 378. The first-order chi connectivity index (χ1) is 8.59. The van der Waals surface area contributed by atoms with Gasteiger partial charge in [-0.15, -0.1) is 0 Å². The molecule has 0 aromatic heterocycles. The van der Waals surface area contributed by atoms with E-state index in [2.05, 4.69) is 10.6 Å². The van der Waals surface area contributed by atoms with Crippen molar-refractivity contribution in [1.82, 2.24) is 5.32 Å². The molecule has 18 heavy (non-hydrogen) atoms. The Balaban J connectivity index is 2.20. The van der Waals surface area contributed by atoms with Crippen LogP contribution in [-0.2, 0) is 4.74 Å². The first-order valence-electron chi connectivity index (χ1n) is 6.31. The number of para-hydroxylation sites is 1. The van der Waals surface area contributed by atoms with Gasteiger partial charge in [0.2, 0.25) is 0 Å². The molecule has 0 aliphatic heterocycles. The van der Waals surface area contributed by atoms with E-state index in [4.69, 9.17) is 4.74 Å². The predicted octanol–water partition coefficient (Wildman–Crippen LogP) is 2.93. The second-order valence-corrected chi connectivity index (χ2v) is 4.47. The quantitative estimate of drug-likeness (QED) is 0.763. The molecule has 0 aliphatic rings. The maximum Gasteiger partial charge on any atom is 0.319 e. The van der Waals surface area contributed by atoms with Gasteiger partial charge >= 0.3 is 6.03 Å². The zero-order chi connectivity index (χ0) is 13.4. The van der Waals surface area contributed by atoms with E-state index in [-0.39, 0.29) is 12.1 Å². The number of carbonyl (C=O) groups is 1. The van der Waals surface area contributed by atoms with Crippen LogP contribution in [0.25, 0.3) is 0 Å². The Morgan fingerprint density at radius 2 is 2.06 bits per heavy atom. The summed E-state index contributed by atoms with van der Waals surface area (Å²) in [5, 5.41) is 5.62. The van der Waals surface area contributed by atoms with Crippen LogP contribution in [0.3, 0.4) is 0 Å². The number of rotatable bonds is 6. The molecule has 4 heteroatoms. The van der Waals surface area contributed by atoms with Crippen molar-refractivity contribution in [3.8, 4) is 0 Å². The molecule has 0 saturated carbocycles. The van der Waals surface area contributed by atoms with Crippen molar-refractivity contribution in [3.05, 3.63) is 29.8 Å². The topological polar surface area (TPSA) is 50.4 Å². The number of carbonyl (C=O) groups excluding carboxylic acids is 1. The van der Waals surface area contributed by atoms with Crippen LogP contribution in [0.5, 0.6) is 0 Å². The number of amides is 2. The van der Waals surface area contributed by atoms with Crippen molar-refractivity contribution in [1.29, 1.82) is 0 Å². The van der Waals surface area contributed by atoms with E-state index in [9.17, 15) is 4.79 Å². The van der Waals surface area contributed by atoms with Crippen LogP contribution in [0.15, 0.2) is 24.3 Å². The lowest BCUT2D eigenvalue weighted by Crippen LogP contribution is -2.30. The summed E-state index contributed by atoms with van der Waals surface area (Å²) in [6, 6.07) is 7.53. The molecular weight excluding hydrogens is 228 g/mol. The van der Waals surface area contributed by atoms with Crippen LogP contribution >= 0.6 is 0 Å². The largest absolute Gasteiger partial charge is 0.379 e. The molecule has 2 N–H and O–H groups in total. The second-order valence-electron chi connectivity index (χ2n) is 4.47. The van der Waals surface area contributed by atoms with Gasteiger partial charge in [0, 0.05) is 18.8 Å². The van der Waals surface area contributed by atoms with Crippen LogP contribution in [0.1, 0.15) is 25.8 Å². The molecule has 0 spiro atoms. The SMILES string of the molecule is Cc1ccccc1NC(=O)NCCCOC(C)C. The van der Waals surface area contributed by atoms with E-state index in [0.29, 0.717) is 13.2 Å². The highest BCUT2D eigenvalue weighted by Gasteiger charge is 2.02. The van der Waals surface area contributed by atoms with Crippen LogP contribution < -0.4 is 10.6 Å². The number of urea groups is 1. The molecule has 0 atom stereocenters. The van der Waals surface area contributed by atoms with Gasteiger partial charge in [0.1, 0.15) is 0 Å². The van der Waals surface area contributed by atoms with E-state index < -0.39 is 0 Å². The van der Waals surface area contributed by atoms with Gasteiger partial charge in [-0.1, -0.05) is 18.2 Å². The van der Waals surface area contributed by atoms with Gasteiger partial charge in [0.15, 0.2) is 0 Å². The number of hydrogen-bond acceptors (Lipinski definition) is 2. The van der Waals surface area contributed by atoms with Gasteiger partial charge in [-0.25, -0.2) is 4.79 Å². The van der Waals surface area contributed by atoms with Gasteiger partial charge < -0.3 is 15.4 Å². The summed E-state index contributed by atoms with van der Waals surface area (Å²) >= 11 is 0. The normalized spacial score (nSPS) is 10.4. The van der Waals surface area contributed by atoms with Crippen LogP contribution in [-0.4, -0.2) is 25.3 Å². The van der Waals surface area contributed by atoms with E-state index in [1.165, 1.54) is 0 Å². The molecule has 1 rings (SSSR count). The average molecular weight is 250 g/mol. The second kappa shape index (κ2) is 7.71. The third-order valence-electron chi connectivity index (χ3n) is 2.45. The molecule has 0 aliphatic carbocycles. The Morgan fingerprint density at radius 1 is 1.33 bits per heavy atom. The number of benzene rings is 1. The van der Waals surface area contributed by atoms with Crippen molar-refractivity contribution < 1.29 is 9.53 Å². The zero-order valence-electron chi connectivity index (χ0n) is 11.3. The minimum absolute atomic E-state index is 0.172. The maximum absolute atomic E-state index is 11.6. The number of anilines is 1. The summed E-state index contributed by atoms with van der Waals surface area (Å²) in [6.45, 7) is 7.25. The average Bonchev–Trinajstić information content (AvgIpc) is 2.31. The molecule has 0 fully saturated rings. The molecule has 0 saturated heterocycles. The molecule has 0 radical (unpaired) electrons. The fourth-order valence-electron chi connectivity index (χ4n) is 1.47. The lowest BCUT2D eigenvalue weighted by molar-refractivity contribution is 0.0775. The molecule has 100 valence electrons. The Morgan fingerprint density at radius 3 is 2.72 bits per heavy atom. The van der Waals surface area contributed by atoms with Crippen molar-refractivity contribution in [2.45, 2.75) is 33.3 Å². The fourth-order valence-corrected chi connectivity index (χ4v) is 1.47. The Hall–Kier alpha value is -1.55. The summed E-state index contributed by atoms with van der Waals surface area (Å²) in [6.07, 6.45) is 1.06. The lowest BCUT2D eigenvalue weighted by Gasteiger charge is -2.10. The van der Waals surface area contributed by atoms with Gasteiger partial charge in [-0.05, 0) is 38.8 Å². The highest BCUT2D eigenvalue weighted by atomic mass is 16.5.